The molecule has 2 aromatic carbocycles. The summed E-state index contributed by atoms with van der Waals surface area (Å²) in [5, 5.41) is 49.3. The maximum Gasteiger partial charge on any atom is 0.160 e. The van der Waals surface area contributed by atoms with Gasteiger partial charge < -0.3 is 30.3 Å². The summed E-state index contributed by atoms with van der Waals surface area (Å²) >= 11 is 0. The summed E-state index contributed by atoms with van der Waals surface area (Å²) < 4.78 is 5.23. The van der Waals surface area contributed by atoms with E-state index in [0.29, 0.717) is 30.1 Å². The van der Waals surface area contributed by atoms with Gasteiger partial charge in [0.2, 0.25) is 0 Å². The van der Waals surface area contributed by atoms with Crippen LogP contribution in [-0.4, -0.2) is 44.5 Å². The summed E-state index contributed by atoms with van der Waals surface area (Å²) in [7, 11) is 1.45. The molecule has 0 bridgehead atoms. The Bertz CT molecular complexity index is 923. The summed E-state index contributed by atoms with van der Waals surface area (Å²) in [5.41, 5.74) is 2.09. The first-order valence-electron chi connectivity index (χ1n) is 11.4. The van der Waals surface area contributed by atoms with Crippen molar-refractivity contribution >= 4 is 5.78 Å². The highest BCUT2D eigenvalue weighted by Crippen LogP contribution is 2.37. The molecule has 0 aliphatic heterocycles. The Labute approximate surface area is 195 Å². The number of aliphatic hydroxyl groups is 2. The first-order chi connectivity index (χ1) is 15.6. The lowest BCUT2D eigenvalue weighted by Gasteiger charge is -2.22. The number of aliphatic hydroxyl groups excluding tert-OH is 2. The molecule has 2 aromatic rings. The minimum Gasteiger partial charge on any atom is -0.504 e. The van der Waals surface area contributed by atoms with Gasteiger partial charge in [-0.2, -0.15) is 0 Å². The summed E-state index contributed by atoms with van der Waals surface area (Å²) in [6.07, 6.45) is 1.82. The Balaban J connectivity index is 2.08. The lowest BCUT2D eigenvalue weighted by atomic mass is 9.84. The maximum atomic E-state index is 12.8. The fourth-order valence-electron chi connectivity index (χ4n) is 3.99. The predicted molar refractivity (Wildman–Crippen MR) is 126 cm³/mol. The van der Waals surface area contributed by atoms with Gasteiger partial charge in [0.05, 0.1) is 19.8 Å². The van der Waals surface area contributed by atoms with Gasteiger partial charge in [-0.05, 0) is 72.1 Å². The van der Waals surface area contributed by atoms with Crippen molar-refractivity contribution in [2.45, 2.75) is 71.0 Å². The molecule has 0 amide bonds. The number of phenolic OH excluding ortho intramolecular Hbond substituents is 3. The number of rotatable bonds is 13. The van der Waals surface area contributed by atoms with Crippen molar-refractivity contribution in [3.63, 3.8) is 0 Å². The number of ketones is 1. The smallest absolute Gasteiger partial charge is 0.160 e. The normalized spacial score (nSPS) is 13.2. The Morgan fingerprint density at radius 3 is 2.27 bits per heavy atom. The molecule has 0 aromatic heterocycles. The number of aryl methyl sites for hydroxylation is 1. The van der Waals surface area contributed by atoms with E-state index in [4.69, 9.17) is 4.74 Å². The van der Waals surface area contributed by atoms with Gasteiger partial charge >= 0.3 is 0 Å². The standard InChI is InChI=1S/C26H36O7/c1-16(2)4-7-18(22-14-26(33-3)25(32)12-19(22)15-27)11-21(29)13-20(28)8-5-17-6-9-23(30)24(31)10-17/h6,9-10,12,14,16,18,20,27-28,30-32H,4-5,7-8,11,13,15H2,1-3H3/t18-,20-/m1/s1. The molecule has 0 fully saturated rings. The molecule has 0 aliphatic carbocycles. The van der Waals surface area contributed by atoms with Crippen LogP contribution in [0.4, 0.5) is 0 Å². The molecular weight excluding hydrogens is 424 g/mol. The quantitative estimate of drug-likeness (QED) is 0.284. The second-order valence-electron chi connectivity index (χ2n) is 9.01. The predicted octanol–water partition coefficient (Wildman–Crippen LogP) is 4.17. The van der Waals surface area contributed by atoms with Gasteiger partial charge in [0.25, 0.3) is 0 Å². The number of phenols is 3. The van der Waals surface area contributed by atoms with Crippen molar-refractivity contribution in [1.29, 1.82) is 0 Å². The van der Waals surface area contributed by atoms with Crippen LogP contribution in [0.15, 0.2) is 30.3 Å². The number of ether oxygens (including phenoxy) is 1. The van der Waals surface area contributed by atoms with Crippen LogP contribution in [0.5, 0.6) is 23.0 Å². The third-order valence-corrected chi connectivity index (χ3v) is 5.89. The number of hydrogen-bond donors (Lipinski definition) is 5. The molecule has 2 rings (SSSR count). The number of methoxy groups -OCH3 is 1. The Morgan fingerprint density at radius 1 is 0.939 bits per heavy atom. The molecule has 182 valence electrons. The van der Waals surface area contributed by atoms with Crippen LogP contribution < -0.4 is 4.74 Å². The number of carbonyl (C=O) groups is 1. The van der Waals surface area contributed by atoms with Gasteiger partial charge in [-0.3, -0.25) is 4.79 Å². The molecule has 0 saturated heterocycles. The van der Waals surface area contributed by atoms with Crippen molar-refractivity contribution in [3.05, 3.63) is 47.0 Å². The van der Waals surface area contributed by atoms with Gasteiger partial charge in [0.15, 0.2) is 23.0 Å². The Hall–Kier alpha value is -2.77. The zero-order chi connectivity index (χ0) is 24.5. The van der Waals surface area contributed by atoms with Crippen LogP contribution in [0.25, 0.3) is 0 Å². The number of aromatic hydroxyl groups is 3. The second kappa shape index (κ2) is 12.5. The van der Waals surface area contributed by atoms with Crippen molar-refractivity contribution in [2.75, 3.05) is 7.11 Å². The molecule has 0 heterocycles. The van der Waals surface area contributed by atoms with Gasteiger partial charge in [-0.15, -0.1) is 0 Å². The van der Waals surface area contributed by atoms with E-state index < -0.39 is 6.10 Å². The second-order valence-corrected chi connectivity index (χ2v) is 9.01. The molecule has 33 heavy (non-hydrogen) atoms. The number of carbonyl (C=O) groups excluding carboxylic acids is 1. The van der Waals surface area contributed by atoms with Crippen LogP contribution in [-0.2, 0) is 17.8 Å². The Kier molecular flexibility index (Phi) is 10.0. The van der Waals surface area contributed by atoms with Gasteiger partial charge in [0, 0.05) is 12.8 Å². The van der Waals surface area contributed by atoms with E-state index in [1.54, 1.807) is 12.1 Å². The highest BCUT2D eigenvalue weighted by Gasteiger charge is 2.23. The van der Waals surface area contributed by atoms with Crippen molar-refractivity contribution < 1.29 is 35.1 Å². The highest BCUT2D eigenvalue weighted by molar-refractivity contribution is 5.80. The molecular formula is C26H36O7. The summed E-state index contributed by atoms with van der Waals surface area (Å²) in [6.45, 7) is 3.95. The first-order valence-corrected chi connectivity index (χ1v) is 11.4. The SMILES string of the molecule is COc1cc([C@H](CCC(C)C)CC(=O)C[C@H](O)CCc2ccc(O)c(O)c2)c(CO)cc1O. The van der Waals surface area contributed by atoms with Gasteiger partial charge in [-0.25, -0.2) is 0 Å². The molecule has 2 atom stereocenters. The number of hydrogen-bond acceptors (Lipinski definition) is 7. The third-order valence-electron chi connectivity index (χ3n) is 5.89. The van der Waals surface area contributed by atoms with E-state index in [-0.39, 0.29) is 48.4 Å². The monoisotopic (exact) mass is 460 g/mol. The molecule has 0 unspecified atom stereocenters. The van der Waals surface area contributed by atoms with Crippen LogP contribution in [0.2, 0.25) is 0 Å². The van der Waals surface area contributed by atoms with Crippen LogP contribution >= 0.6 is 0 Å². The van der Waals surface area contributed by atoms with Gasteiger partial charge in [-0.1, -0.05) is 26.3 Å². The zero-order valence-corrected chi connectivity index (χ0v) is 19.6. The fraction of sp³-hybridized carbons (Fsp3) is 0.500. The van der Waals surface area contributed by atoms with E-state index in [2.05, 4.69) is 13.8 Å². The highest BCUT2D eigenvalue weighted by atomic mass is 16.5. The van der Waals surface area contributed by atoms with Crippen molar-refractivity contribution in [2.24, 2.45) is 5.92 Å². The average molecular weight is 461 g/mol. The maximum absolute atomic E-state index is 12.8. The number of benzene rings is 2. The van der Waals surface area contributed by atoms with Crippen molar-refractivity contribution in [3.8, 4) is 23.0 Å². The molecule has 0 saturated carbocycles. The molecule has 7 heteroatoms. The minimum atomic E-state index is -0.828. The van der Waals surface area contributed by atoms with Crippen LogP contribution in [0, 0.1) is 5.92 Å². The fourth-order valence-corrected chi connectivity index (χ4v) is 3.99. The van der Waals surface area contributed by atoms with E-state index in [9.17, 15) is 30.3 Å². The molecule has 0 aliphatic rings. The molecule has 7 nitrogen and oxygen atoms in total. The first kappa shape index (κ1) is 26.5. The van der Waals surface area contributed by atoms with E-state index >= 15 is 0 Å². The zero-order valence-electron chi connectivity index (χ0n) is 19.6. The Morgan fingerprint density at radius 2 is 1.67 bits per heavy atom. The summed E-state index contributed by atoms with van der Waals surface area (Å²) in [5.74, 6) is 0.00597. The minimum absolute atomic E-state index is 0.00587. The lowest BCUT2D eigenvalue weighted by molar-refractivity contribution is -0.121. The topological polar surface area (TPSA) is 127 Å². The van der Waals surface area contributed by atoms with E-state index in [0.717, 1.165) is 24.0 Å². The van der Waals surface area contributed by atoms with E-state index in [1.807, 2.05) is 0 Å². The van der Waals surface area contributed by atoms with Crippen molar-refractivity contribution in [1.82, 2.24) is 0 Å². The van der Waals surface area contributed by atoms with Crippen LogP contribution in [0.3, 0.4) is 0 Å². The van der Waals surface area contributed by atoms with Gasteiger partial charge in [0.1, 0.15) is 5.78 Å². The molecule has 0 spiro atoms. The van der Waals surface area contributed by atoms with E-state index in [1.165, 1.54) is 25.3 Å². The summed E-state index contributed by atoms with van der Waals surface area (Å²) in [4.78, 5) is 12.8. The largest absolute Gasteiger partial charge is 0.504 e. The number of Topliss-reactive ketones (excluding diaryl/α,β-unsaturated/α-hetero) is 1. The molecule has 5 N–H and O–H groups in total. The third kappa shape index (κ3) is 7.94. The lowest BCUT2D eigenvalue weighted by Crippen LogP contribution is -2.17. The van der Waals surface area contributed by atoms with Crippen LogP contribution in [0.1, 0.15) is 68.6 Å². The average Bonchev–Trinajstić information content (AvgIpc) is 2.77. The summed E-state index contributed by atoms with van der Waals surface area (Å²) in [6, 6.07) is 7.67. The molecule has 0 radical (unpaired) electrons.